The molecule has 118 valence electrons. The molecule has 4 N–H and O–H groups in total. The number of nitrogens with two attached hydrogens (primary N) is 1. The van der Waals surface area contributed by atoms with E-state index in [2.05, 4.69) is 11.9 Å². The Morgan fingerprint density at radius 1 is 1.57 bits per heavy atom. The monoisotopic (exact) mass is 333 g/mol. The highest BCUT2D eigenvalue weighted by atomic mass is 33.1. The largest absolute Gasteiger partial charge is 0.394 e. The molecule has 21 heavy (non-hydrogen) atoms. The van der Waals surface area contributed by atoms with E-state index in [1.54, 1.807) is 10.8 Å². The summed E-state index contributed by atoms with van der Waals surface area (Å²) in [6.07, 6.45) is 0.281. The van der Waals surface area contributed by atoms with Crippen molar-refractivity contribution in [2.45, 2.75) is 37.0 Å². The van der Waals surface area contributed by atoms with Crippen molar-refractivity contribution in [2.75, 3.05) is 18.1 Å². The van der Waals surface area contributed by atoms with Crippen molar-refractivity contribution in [1.29, 1.82) is 0 Å². The fourth-order valence-corrected chi connectivity index (χ4v) is 4.91. The van der Waals surface area contributed by atoms with Gasteiger partial charge in [0.25, 0.3) is 0 Å². The number of aliphatic hydroxyl groups excluding tert-OH is 2. The Morgan fingerprint density at radius 3 is 2.95 bits per heavy atom. The van der Waals surface area contributed by atoms with E-state index in [9.17, 15) is 15.0 Å². The van der Waals surface area contributed by atoms with Crippen LogP contribution in [0.4, 0.5) is 5.82 Å². The van der Waals surface area contributed by atoms with Crippen LogP contribution in [0, 0.1) is 0 Å². The maximum Gasteiger partial charge on any atom is 0.351 e. The first-order valence-corrected chi connectivity index (χ1v) is 9.04. The molecular weight excluding hydrogens is 314 g/mol. The van der Waals surface area contributed by atoms with E-state index in [-0.39, 0.29) is 17.7 Å². The molecule has 7 nitrogen and oxygen atoms in total. The lowest BCUT2D eigenvalue weighted by Crippen LogP contribution is -2.34. The molecule has 2 heterocycles. The number of aliphatic hydroxyl groups is 2. The van der Waals surface area contributed by atoms with Gasteiger partial charge >= 0.3 is 5.69 Å². The second-order valence-corrected chi connectivity index (χ2v) is 7.33. The van der Waals surface area contributed by atoms with Gasteiger partial charge < -0.3 is 20.7 Å². The summed E-state index contributed by atoms with van der Waals surface area (Å²) in [7, 11) is 3.07. The van der Waals surface area contributed by atoms with Crippen LogP contribution in [0.15, 0.2) is 17.1 Å². The third-order valence-corrected chi connectivity index (χ3v) is 6.10. The molecule has 0 aliphatic carbocycles. The highest BCUT2D eigenvalue weighted by molar-refractivity contribution is 8.77. The molecule has 0 spiro atoms. The zero-order chi connectivity index (χ0) is 15.4. The minimum Gasteiger partial charge on any atom is -0.394 e. The summed E-state index contributed by atoms with van der Waals surface area (Å²) in [6.45, 7) is 1.77. The van der Waals surface area contributed by atoms with Gasteiger partial charge in [0, 0.05) is 11.9 Å². The van der Waals surface area contributed by atoms with Crippen molar-refractivity contribution in [3.63, 3.8) is 0 Å². The summed E-state index contributed by atoms with van der Waals surface area (Å²) in [5.41, 5.74) is 4.95. The molecule has 2 unspecified atom stereocenters. The lowest BCUT2D eigenvalue weighted by molar-refractivity contribution is -0.0456. The van der Waals surface area contributed by atoms with E-state index < -0.39 is 24.1 Å². The molecule has 1 aliphatic heterocycles. The Kier molecular flexibility index (Phi) is 5.94. The van der Waals surface area contributed by atoms with E-state index in [0.717, 1.165) is 12.2 Å². The third-order valence-electron chi connectivity index (χ3n) is 3.09. The second kappa shape index (κ2) is 7.50. The van der Waals surface area contributed by atoms with Crippen molar-refractivity contribution in [3.05, 3.63) is 22.7 Å². The van der Waals surface area contributed by atoms with Crippen molar-refractivity contribution < 1.29 is 14.9 Å². The van der Waals surface area contributed by atoms with Gasteiger partial charge in [0.15, 0.2) is 6.23 Å². The summed E-state index contributed by atoms with van der Waals surface area (Å²) < 4.78 is 6.93. The predicted molar refractivity (Wildman–Crippen MR) is 84.0 cm³/mol. The molecule has 0 radical (unpaired) electrons. The maximum atomic E-state index is 11.9. The Bertz CT molecular complexity index is 527. The van der Waals surface area contributed by atoms with Crippen LogP contribution >= 0.6 is 21.6 Å². The highest BCUT2D eigenvalue weighted by Gasteiger charge is 2.45. The lowest BCUT2D eigenvalue weighted by atomic mass is 10.2. The average Bonchev–Trinajstić information content (AvgIpc) is 2.76. The van der Waals surface area contributed by atoms with Gasteiger partial charge in [-0.05, 0) is 12.5 Å². The van der Waals surface area contributed by atoms with E-state index in [4.69, 9.17) is 10.5 Å². The minimum atomic E-state index is -0.848. The topological polar surface area (TPSA) is 111 Å². The van der Waals surface area contributed by atoms with Gasteiger partial charge in [-0.15, -0.1) is 0 Å². The summed E-state index contributed by atoms with van der Waals surface area (Å²) in [5, 5.41) is 19.2. The number of hydrogen-bond acceptors (Lipinski definition) is 8. The van der Waals surface area contributed by atoms with Crippen LogP contribution in [0.1, 0.15) is 19.6 Å². The number of rotatable bonds is 6. The Labute approximate surface area is 130 Å². The van der Waals surface area contributed by atoms with Crippen LogP contribution in [0.2, 0.25) is 0 Å². The quantitative estimate of drug-likeness (QED) is 0.501. The minimum absolute atomic E-state index is 0.137. The highest BCUT2D eigenvalue weighted by Crippen LogP contribution is 2.42. The predicted octanol–water partition coefficient (Wildman–Crippen LogP) is 0.236. The number of hydrogen-bond donors (Lipinski definition) is 3. The summed E-state index contributed by atoms with van der Waals surface area (Å²) in [6, 6.07) is 1.50. The molecule has 4 atom stereocenters. The van der Waals surface area contributed by atoms with Crippen LogP contribution in [-0.2, 0) is 4.74 Å². The second-order valence-electron chi connectivity index (χ2n) is 4.66. The van der Waals surface area contributed by atoms with Gasteiger partial charge in [-0.1, -0.05) is 28.5 Å². The molecule has 1 saturated heterocycles. The normalized spacial score (nSPS) is 28.9. The summed E-state index contributed by atoms with van der Waals surface area (Å²) >= 11 is 0. The third kappa shape index (κ3) is 3.72. The van der Waals surface area contributed by atoms with Gasteiger partial charge in [-0.25, -0.2) is 4.79 Å². The molecule has 1 aliphatic rings. The van der Waals surface area contributed by atoms with Gasteiger partial charge in [0.2, 0.25) is 0 Å². The first-order valence-electron chi connectivity index (χ1n) is 6.65. The molecule has 1 aromatic rings. The number of nitrogen functional groups attached to an aromatic ring is 1. The number of ether oxygens (including phenoxy) is 1. The molecule has 1 aromatic heterocycles. The molecule has 9 heteroatoms. The SMILES string of the molecule is CCCSSC1[C@@H](O)C(CO)O[C@H]1n1ccc(N)nc1=O. The number of aromatic nitrogens is 2. The Morgan fingerprint density at radius 2 is 2.33 bits per heavy atom. The fourth-order valence-electron chi connectivity index (χ4n) is 2.03. The van der Waals surface area contributed by atoms with Gasteiger partial charge in [-0.3, -0.25) is 4.57 Å². The molecule has 0 amide bonds. The first kappa shape index (κ1) is 16.6. The molecule has 1 fully saturated rings. The van der Waals surface area contributed by atoms with Crippen LogP contribution in [0.25, 0.3) is 0 Å². The van der Waals surface area contributed by atoms with Gasteiger partial charge in [-0.2, -0.15) is 4.98 Å². The van der Waals surface area contributed by atoms with Crippen LogP contribution < -0.4 is 11.4 Å². The number of nitrogens with zero attached hydrogens (tertiary/aromatic N) is 2. The molecule has 0 bridgehead atoms. The molecule has 2 rings (SSSR count). The van der Waals surface area contributed by atoms with E-state index in [1.807, 2.05) is 0 Å². The average molecular weight is 333 g/mol. The first-order chi connectivity index (χ1) is 10.1. The van der Waals surface area contributed by atoms with Crippen LogP contribution in [0.3, 0.4) is 0 Å². The lowest BCUT2D eigenvalue weighted by Gasteiger charge is -2.20. The summed E-state index contributed by atoms with van der Waals surface area (Å²) in [4.78, 5) is 15.6. The van der Waals surface area contributed by atoms with Crippen LogP contribution in [0.5, 0.6) is 0 Å². The fraction of sp³-hybridized carbons (Fsp3) is 0.667. The van der Waals surface area contributed by atoms with E-state index >= 15 is 0 Å². The Balaban J connectivity index is 2.23. The molecule has 0 aromatic carbocycles. The van der Waals surface area contributed by atoms with E-state index in [0.29, 0.717) is 0 Å². The van der Waals surface area contributed by atoms with Crippen molar-refractivity contribution in [3.8, 4) is 0 Å². The molecule has 0 saturated carbocycles. The van der Waals surface area contributed by atoms with Crippen molar-refractivity contribution in [2.24, 2.45) is 0 Å². The van der Waals surface area contributed by atoms with E-state index in [1.165, 1.54) is 27.6 Å². The zero-order valence-corrected chi connectivity index (χ0v) is 13.2. The van der Waals surface area contributed by atoms with Gasteiger partial charge in [0.05, 0.1) is 18.0 Å². The smallest absolute Gasteiger partial charge is 0.351 e. The standard InChI is InChI=1S/C12H19N3O4S2/c1-2-5-20-21-10-9(17)7(6-16)19-11(10)15-4-3-8(13)14-12(15)18/h3-4,7,9-11,16-17H,2,5-6H2,1H3,(H2,13,14,18)/t7?,9-,10?,11+/m0/s1. The van der Waals surface area contributed by atoms with Crippen LogP contribution in [-0.4, -0.2) is 49.6 Å². The van der Waals surface area contributed by atoms with Crippen molar-refractivity contribution >= 4 is 27.4 Å². The van der Waals surface area contributed by atoms with Gasteiger partial charge in [0.1, 0.15) is 11.9 Å². The number of anilines is 1. The zero-order valence-electron chi connectivity index (χ0n) is 11.6. The Hall–Kier alpha value is -0.740. The molecular formula is C12H19N3O4S2. The summed E-state index contributed by atoms with van der Waals surface area (Å²) in [5.74, 6) is 1.07. The van der Waals surface area contributed by atoms with Crippen molar-refractivity contribution in [1.82, 2.24) is 9.55 Å². The maximum absolute atomic E-state index is 11.9.